The molecule has 0 spiro atoms. The third kappa shape index (κ3) is 2.80. The first-order valence-electron chi connectivity index (χ1n) is 13.8. The maximum absolute atomic E-state index is 13.4. The maximum atomic E-state index is 13.4. The molecule has 3 unspecified atom stereocenters. The maximum Gasteiger partial charge on any atom is 0.252 e. The molecule has 1 fully saturated rings. The van der Waals surface area contributed by atoms with Crippen LogP contribution in [-0.4, -0.2) is 52.2 Å². The number of amides is 2. The predicted molar refractivity (Wildman–Crippen MR) is 150 cm³/mol. The van der Waals surface area contributed by atoms with Crippen LogP contribution < -0.4 is 5.32 Å². The van der Waals surface area contributed by atoms with Crippen LogP contribution in [0.5, 0.6) is 0 Å². The first-order valence-corrected chi connectivity index (χ1v) is 13.8. The fraction of sp³-hybridized carbons (Fsp3) is 0.355. The molecule has 3 aliphatic heterocycles. The highest BCUT2D eigenvalue weighted by Crippen LogP contribution is 2.52. The van der Waals surface area contributed by atoms with Crippen LogP contribution >= 0.6 is 0 Å². The van der Waals surface area contributed by atoms with E-state index < -0.39 is 6.23 Å². The minimum Gasteiger partial charge on any atom is -0.375 e. The summed E-state index contributed by atoms with van der Waals surface area (Å²) in [4.78, 5) is 28.5. The van der Waals surface area contributed by atoms with Crippen molar-refractivity contribution in [2.45, 2.75) is 57.3 Å². The Morgan fingerprint density at radius 3 is 2.44 bits per heavy atom. The summed E-state index contributed by atoms with van der Waals surface area (Å²) in [6.45, 7) is 2.52. The van der Waals surface area contributed by atoms with E-state index in [1.807, 2.05) is 43.1 Å². The molecule has 1 saturated heterocycles. The monoisotopic (exact) mass is 522 g/mol. The van der Waals surface area contributed by atoms with Gasteiger partial charge in [0.05, 0.1) is 33.7 Å². The van der Waals surface area contributed by atoms with Gasteiger partial charge in [0.2, 0.25) is 5.91 Å². The highest BCUT2D eigenvalue weighted by molar-refractivity contribution is 6.30. The zero-order valence-corrected chi connectivity index (χ0v) is 22.2. The van der Waals surface area contributed by atoms with Crippen LogP contribution in [0.4, 0.5) is 0 Å². The van der Waals surface area contributed by atoms with Crippen molar-refractivity contribution in [1.29, 1.82) is 0 Å². The molecule has 0 aliphatic carbocycles. The average Bonchev–Trinajstić information content (AvgIpc) is 3.59. The van der Waals surface area contributed by atoms with E-state index >= 15 is 0 Å². The van der Waals surface area contributed by atoms with Crippen LogP contribution in [0.1, 0.15) is 54.6 Å². The standard InChI is InChI=1S/C31H30N4O4/c1-4-9-22(36)33(2)21-14-23-34-19-12-7-6-11-17(19)25-26-18(15-32-30(26)37)24-16-10-5-8-13-20(16)35(27(24)28(25)34)31(39-23)29(21)38-3/h5-8,10-13,21,23,29,31H,4,9,14-15H2,1-3H3,(H,32,37)/t21?,23-,29?,31?/m1/s1. The molecule has 1 N–H and O–H groups in total. The molecule has 2 bridgehead atoms. The van der Waals surface area contributed by atoms with E-state index in [4.69, 9.17) is 9.47 Å². The van der Waals surface area contributed by atoms with Crippen LogP contribution in [0.2, 0.25) is 0 Å². The lowest BCUT2D eigenvalue weighted by molar-refractivity contribution is -0.208. The van der Waals surface area contributed by atoms with Crippen molar-refractivity contribution >= 4 is 55.4 Å². The van der Waals surface area contributed by atoms with Gasteiger partial charge in [0, 0.05) is 55.1 Å². The van der Waals surface area contributed by atoms with Crippen molar-refractivity contribution in [3.63, 3.8) is 0 Å². The van der Waals surface area contributed by atoms with Gasteiger partial charge >= 0.3 is 0 Å². The number of ether oxygens (including phenoxy) is 2. The predicted octanol–water partition coefficient (Wildman–Crippen LogP) is 5.22. The Balaban J connectivity index is 1.55. The third-order valence-electron chi connectivity index (χ3n) is 9.12. The Kier molecular flexibility index (Phi) is 4.77. The quantitative estimate of drug-likeness (QED) is 0.351. The molecule has 2 aromatic heterocycles. The van der Waals surface area contributed by atoms with E-state index in [1.54, 1.807) is 7.11 Å². The topological polar surface area (TPSA) is 77.7 Å². The summed E-state index contributed by atoms with van der Waals surface area (Å²) in [6.07, 6.45) is 0.710. The molecule has 8 heteroatoms. The molecule has 3 aromatic carbocycles. The van der Waals surface area contributed by atoms with Gasteiger partial charge in [0.15, 0.2) is 6.23 Å². The number of likely N-dealkylation sites (N-methyl/N-ethyl adjacent to an activating group) is 1. The Bertz CT molecular complexity index is 1870. The molecule has 4 atom stereocenters. The summed E-state index contributed by atoms with van der Waals surface area (Å²) < 4.78 is 17.7. The second-order valence-electron chi connectivity index (χ2n) is 11.0. The summed E-state index contributed by atoms with van der Waals surface area (Å²) in [5.74, 6) is 0.0821. The van der Waals surface area contributed by atoms with Gasteiger partial charge in [-0.3, -0.25) is 9.59 Å². The number of hydrogen-bond donors (Lipinski definition) is 1. The molecular formula is C31H30N4O4. The first kappa shape index (κ1) is 23.0. The number of fused-ring (bicyclic) bond motifs is 13. The van der Waals surface area contributed by atoms with Gasteiger partial charge in [-0.15, -0.1) is 0 Å². The van der Waals surface area contributed by atoms with Crippen LogP contribution in [0.25, 0.3) is 43.6 Å². The Morgan fingerprint density at radius 2 is 1.72 bits per heavy atom. The lowest BCUT2D eigenvalue weighted by Gasteiger charge is -2.45. The third-order valence-corrected chi connectivity index (χ3v) is 9.12. The number of nitrogens with zero attached hydrogens (tertiary/aromatic N) is 3. The lowest BCUT2D eigenvalue weighted by atomic mass is 9.97. The number of methoxy groups -OCH3 is 1. The Labute approximate surface area is 225 Å². The molecule has 5 aromatic rings. The lowest BCUT2D eigenvalue weighted by Crippen LogP contribution is -2.53. The van der Waals surface area contributed by atoms with Gasteiger partial charge in [-0.1, -0.05) is 43.3 Å². The Hall–Kier alpha value is -3.88. The minimum absolute atomic E-state index is 0.0303. The number of para-hydroxylation sites is 2. The summed E-state index contributed by atoms with van der Waals surface area (Å²) >= 11 is 0. The number of hydrogen-bond acceptors (Lipinski definition) is 4. The smallest absolute Gasteiger partial charge is 0.252 e. The number of rotatable bonds is 4. The van der Waals surface area contributed by atoms with E-state index in [0.717, 1.165) is 61.2 Å². The summed E-state index contributed by atoms with van der Waals surface area (Å²) in [5.41, 5.74) is 5.95. The fourth-order valence-corrected chi connectivity index (χ4v) is 7.50. The van der Waals surface area contributed by atoms with Gasteiger partial charge in [0.1, 0.15) is 12.3 Å². The zero-order valence-electron chi connectivity index (χ0n) is 22.2. The van der Waals surface area contributed by atoms with Crippen molar-refractivity contribution in [3.8, 4) is 0 Å². The summed E-state index contributed by atoms with van der Waals surface area (Å²) in [5, 5.41) is 7.31. The van der Waals surface area contributed by atoms with E-state index in [0.29, 0.717) is 19.4 Å². The SMILES string of the molecule is CCCC(=O)N(C)C1C[C@H]2OC(C1OC)n1c3ccccc3c3c4c(c5c6ccccc6n2c5c31)C(=O)NC4. The van der Waals surface area contributed by atoms with Crippen LogP contribution in [-0.2, 0) is 20.8 Å². The molecular weight excluding hydrogens is 492 g/mol. The largest absolute Gasteiger partial charge is 0.375 e. The van der Waals surface area contributed by atoms with Gasteiger partial charge in [-0.25, -0.2) is 0 Å². The number of carbonyl (C=O) groups is 2. The van der Waals surface area contributed by atoms with Gasteiger partial charge in [-0.05, 0) is 24.1 Å². The molecule has 3 aliphatic rings. The summed E-state index contributed by atoms with van der Waals surface area (Å²) in [6, 6.07) is 16.4. The van der Waals surface area contributed by atoms with Crippen LogP contribution in [0.15, 0.2) is 48.5 Å². The van der Waals surface area contributed by atoms with Crippen molar-refractivity contribution in [2.24, 2.45) is 0 Å². The number of carbonyl (C=O) groups excluding carboxylic acids is 2. The Morgan fingerprint density at radius 1 is 1.05 bits per heavy atom. The van der Waals surface area contributed by atoms with E-state index in [9.17, 15) is 9.59 Å². The van der Waals surface area contributed by atoms with E-state index in [2.05, 4.69) is 38.7 Å². The van der Waals surface area contributed by atoms with Crippen molar-refractivity contribution in [1.82, 2.24) is 19.4 Å². The van der Waals surface area contributed by atoms with E-state index in [1.165, 1.54) is 0 Å². The minimum atomic E-state index is -0.456. The molecule has 0 radical (unpaired) electrons. The molecule has 0 saturated carbocycles. The number of nitrogens with one attached hydrogen (secondary N) is 1. The first-order chi connectivity index (χ1) is 19.0. The fourth-order valence-electron chi connectivity index (χ4n) is 7.50. The number of aromatic nitrogens is 2. The highest BCUT2D eigenvalue weighted by Gasteiger charge is 2.48. The molecule has 198 valence electrons. The van der Waals surface area contributed by atoms with Gasteiger partial charge in [0.25, 0.3) is 5.91 Å². The van der Waals surface area contributed by atoms with Crippen molar-refractivity contribution in [2.75, 3.05) is 14.2 Å². The molecule has 8 rings (SSSR count). The van der Waals surface area contributed by atoms with Crippen molar-refractivity contribution < 1.29 is 19.1 Å². The van der Waals surface area contributed by atoms with Crippen LogP contribution in [0, 0.1) is 0 Å². The normalized spacial score (nSPS) is 23.6. The molecule has 39 heavy (non-hydrogen) atoms. The van der Waals surface area contributed by atoms with Gasteiger partial charge in [-0.2, -0.15) is 0 Å². The van der Waals surface area contributed by atoms with Crippen molar-refractivity contribution in [3.05, 3.63) is 59.7 Å². The number of benzene rings is 3. The average molecular weight is 523 g/mol. The highest BCUT2D eigenvalue weighted by atomic mass is 16.6. The van der Waals surface area contributed by atoms with E-state index in [-0.39, 0.29) is 30.2 Å². The molecule has 2 amide bonds. The zero-order chi connectivity index (χ0) is 26.6. The second kappa shape index (κ2) is 8.07. The van der Waals surface area contributed by atoms with Crippen LogP contribution in [0.3, 0.4) is 0 Å². The second-order valence-corrected chi connectivity index (χ2v) is 11.0. The molecule has 8 nitrogen and oxygen atoms in total. The molecule has 5 heterocycles. The van der Waals surface area contributed by atoms with Gasteiger partial charge < -0.3 is 28.8 Å². The summed E-state index contributed by atoms with van der Waals surface area (Å²) in [7, 11) is 3.61.